The van der Waals surface area contributed by atoms with Crippen LogP contribution in [0, 0.1) is 13.8 Å². The van der Waals surface area contributed by atoms with Gasteiger partial charge in [0.05, 0.1) is 11.1 Å². The Labute approximate surface area is 202 Å². The Morgan fingerprint density at radius 2 is 1.40 bits per heavy atom. The molecule has 0 saturated carbocycles. The number of thiocarbonyl (C=S) groups is 1. The summed E-state index contributed by atoms with van der Waals surface area (Å²) in [4.78, 5) is 12.1. The van der Waals surface area contributed by atoms with E-state index in [2.05, 4.69) is 33.1 Å². The monoisotopic (exact) mass is 523 g/mol. The average Bonchev–Trinajstić information content (AvgIpc) is 3.29. The molecule has 0 atom stereocenters. The fourth-order valence-corrected chi connectivity index (χ4v) is 2.63. The van der Waals surface area contributed by atoms with Crippen LogP contribution < -0.4 is 11.5 Å². The lowest BCUT2D eigenvalue weighted by Crippen LogP contribution is -2.12. The average molecular weight is 524 g/mol. The molecule has 0 bridgehead atoms. The Kier molecular flexibility index (Phi) is 12.6. The number of carboxylic acid groups (broad SMARTS) is 1. The molecule has 0 unspecified atom stereocenters. The van der Waals surface area contributed by atoms with Crippen molar-refractivity contribution in [3.05, 3.63) is 70.5 Å². The summed E-state index contributed by atoms with van der Waals surface area (Å²) in [7, 11) is 1.50. The number of nitrogens with two attached hydrogens (primary N) is 2. The number of hydrogen-bond donors (Lipinski definition) is 4. The van der Waals surface area contributed by atoms with Crippen LogP contribution in [-0.4, -0.2) is 38.8 Å². The van der Waals surface area contributed by atoms with E-state index in [-0.39, 0.29) is 17.0 Å². The molecule has 3 aromatic rings. The quantitative estimate of drug-likeness (QED) is 0.217. The van der Waals surface area contributed by atoms with Gasteiger partial charge in [0, 0.05) is 11.1 Å². The Hall–Kier alpha value is -3.52. The third kappa shape index (κ3) is 11.0. The van der Waals surface area contributed by atoms with E-state index in [1.54, 1.807) is 19.9 Å². The zero-order valence-corrected chi connectivity index (χ0v) is 19.5. The summed E-state index contributed by atoms with van der Waals surface area (Å²) < 4.78 is 74.6. The minimum absolute atomic E-state index is 0.0285. The highest BCUT2D eigenvalue weighted by Gasteiger charge is 2.31. The van der Waals surface area contributed by atoms with E-state index < -0.39 is 23.5 Å². The number of hydrogen-bond acceptors (Lipinski definition) is 5. The molecule has 0 spiro atoms. The molecule has 0 fully saturated rings. The molecule has 0 aliphatic heterocycles. The number of nitrogens with zero attached hydrogens (tertiary/aromatic N) is 2. The summed E-state index contributed by atoms with van der Waals surface area (Å²) in [5, 5.41) is 13.0. The number of alkyl halides is 6. The Morgan fingerprint density at radius 1 is 0.943 bits per heavy atom. The molecule has 0 aliphatic carbocycles. The van der Waals surface area contributed by atoms with Gasteiger partial charge in [-0.2, -0.15) is 31.4 Å². The minimum atomic E-state index is -4.36. The van der Waals surface area contributed by atoms with Gasteiger partial charge in [0.15, 0.2) is 5.82 Å². The van der Waals surface area contributed by atoms with E-state index >= 15 is 0 Å². The minimum Gasteiger partial charge on any atom is -0.483 e. The first-order valence-corrected chi connectivity index (χ1v) is 9.78. The second kappa shape index (κ2) is 14.0. The molecule has 14 heteroatoms. The first-order valence-electron chi connectivity index (χ1n) is 9.38. The number of aromatic nitrogens is 3. The van der Waals surface area contributed by atoms with Crippen molar-refractivity contribution in [2.75, 3.05) is 7.05 Å². The van der Waals surface area contributed by atoms with Gasteiger partial charge in [-0.05, 0) is 68.4 Å². The largest absolute Gasteiger partial charge is 0.483 e. The van der Waals surface area contributed by atoms with E-state index in [0.29, 0.717) is 22.5 Å². The van der Waals surface area contributed by atoms with Crippen LogP contribution in [0.2, 0.25) is 0 Å². The summed E-state index contributed by atoms with van der Waals surface area (Å²) >= 11 is 4.61. The molecule has 3 rings (SSSR count). The topological polar surface area (TPSA) is 131 Å². The van der Waals surface area contributed by atoms with Crippen LogP contribution in [0.5, 0.6) is 0 Å². The Morgan fingerprint density at radius 3 is 1.80 bits per heavy atom. The summed E-state index contributed by atoms with van der Waals surface area (Å²) in [5.41, 5.74) is 10.00. The fourth-order valence-electron chi connectivity index (χ4n) is 2.52. The van der Waals surface area contributed by atoms with Gasteiger partial charge in [0.2, 0.25) is 0 Å². The molecule has 6 N–H and O–H groups in total. The van der Waals surface area contributed by atoms with Crippen molar-refractivity contribution in [2.45, 2.75) is 26.2 Å². The number of aromatic amines is 1. The maximum absolute atomic E-state index is 12.5. The van der Waals surface area contributed by atoms with Gasteiger partial charge in [0.1, 0.15) is 11.3 Å². The van der Waals surface area contributed by atoms with Crippen molar-refractivity contribution in [3.63, 3.8) is 0 Å². The highest BCUT2D eigenvalue weighted by Crippen LogP contribution is 2.32. The highest BCUT2D eigenvalue weighted by atomic mass is 32.1. The zero-order valence-electron chi connectivity index (χ0n) is 18.7. The van der Waals surface area contributed by atoms with Gasteiger partial charge >= 0.3 is 12.4 Å². The number of benzene rings is 2. The maximum atomic E-state index is 12.5. The summed E-state index contributed by atoms with van der Waals surface area (Å²) in [6.07, 6.45) is -7.45. The summed E-state index contributed by atoms with van der Waals surface area (Å²) in [6.45, 7) is 2.92. The number of nitrogens with one attached hydrogen (secondary N) is 1. The van der Waals surface area contributed by atoms with Crippen LogP contribution in [0.3, 0.4) is 0 Å². The van der Waals surface area contributed by atoms with Gasteiger partial charge in [-0.25, -0.2) is 4.98 Å². The van der Waals surface area contributed by atoms with E-state index in [9.17, 15) is 26.3 Å². The second-order valence-corrected chi connectivity index (χ2v) is 6.91. The molecule has 0 radical (unpaired) electrons. The molecule has 0 amide bonds. The van der Waals surface area contributed by atoms with Crippen molar-refractivity contribution in [1.29, 1.82) is 0 Å². The van der Waals surface area contributed by atoms with E-state index in [0.717, 1.165) is 24.3 Å². The molecule has 35 heavy (non-hydrogen) atoms. The molecular weight excluding hydrogens is 500 g/mol. The number of aryl methyl sites for hydroxylation is 2. The third-order valence-corrected chi connectivity index (χ3v) is 4.02. The van der Waals surface area contributed by atoms with Gasteiger partial charge in [-0.3, -0.25) is 9.89 Å². The zero-order chi connectivity index (χ0) is 27.4. The van der Waals surface area contributed by atoms with E-state index in [4.69, 9.17) is 15.6 Å². The molecule has 2 aromatic carbocycles. The molecule has 1 aromatic heterocycles. The predicted octanol–water partition coefficient (Wildman–Crippen LogP) is 4.72. The molecule has 7 nitrogen and oxygen atoms in total. The highest BCUT2D eigenvalue weighted by molar-refractivity contribution is 7.80. The van der Waals surface area contributed by atoms with Crippen molar-refractivity contribution < 1.29 is 36.2 Å². The number of H-pyrrole nitrogens is 1. The number of halogens is 6. The molecule has 1 heterocycles. The Balaban J connectivity index is 0.000000562. The SMILES string of the molecule is CN.Cc1cc(-c2ncn[nH]2)cc(C(F)(F)F)c1.Cc1cc(C(N)=S)cc(C(F)(F)F)c1.O=CO. The second-order valence-electron chi connectivity index (χ2n) is 6.47. The van der Waals surface area contributed by atoms with Crippen LogP contribution in [0.25, 0.3) is 11.4 Å². The summed E-state index contributed by atoms with van der Waals surface area (Å²) in [6, 6.07) is 7.30. The van der Waals surface area contributed by atoms with E-state index in [1.807, 2.05) is 0 Å². The maximum Gasteiger partial charge on any atom is 0.416 e. The van der Waals surface area contributed by atoms with Crippen LogP contribution in [0.1, 0.15) is 27.8 Å². The normalized spacial score (nSPS) is 10.5. The van der Waals surface area contributed by atoms with Crippen LogP contribution >= 0.6 is 12.2 Å². The van der Waals surface area contributed by atoms with Crippen molar-refractivity contribution >= 4 is 23.7 Å². The fraction of sp³-hybridized carbons (Fsp3) is 0.238. The lowest BCUT2D eigenvalue weighted by atomic mass is 10.1. The lowest BCUT2D eigenvalue weighted by Gasteiger charge is -2.09. The third-order valence-electron chi connectivity index (χ3n) is 3.78. The van der Waals surface area contributed by atoms with Crippen molar-refractivity contribution in [2.24, 2.45) is 11.5 Å². The first-order chi connectivity index (χ1) is 16.2. The molecular formula is C21H23F6N5O2S. The molecule has 0 aliphatic rings. The standard InChI is InChI=1S/C10H8F3N3.C9H8F3NS.CH5N.CH2O2/c1-6-2-7(9-14-5-15-16-9)4-8(3-6)10(11,12)13;1-5-2-6(8(13)14)4-7(3-5)9(10,11)12;1-2;2-1-3/h2-5H,1H3,(H,14,15,16);2-4H,1H3,(H2,13,14);2H2,1H3;1H,(H,2,3). The summed E-state index contributed by atoms with van der Waals surface area (Å²) in [5.74, 6) is 0.328. The van der Waals surface area contributed by atoms with Crippen LogP contribution in [0.4, 0.5) is 26.3 Å². The van der Waals surface area contributed by atoms with Crippen molar-refractivity contribution in [1.82, 2.24) is 15.2 Å². The number of rotatable bonds is 2. The number of carbonyl (C=O) groups is 1. The Bertz CT molecular complexity index is 1090. The van der Waals surface area contributed by atoms with Crippen LogP contribution in [-0.2, 0) is 17.1 Å². The van der Waals surface area contributed by atoms with E-state index in [1.165, 1.54) is 19.4 Å². The van der Waals surface area contributed by atoms with Crippen molar-refractivity contribution in [3.8, 4) is 11.4 Å². The van der Waals surface area contributed by atoms with Gasteiger partial charge in [-0.15, -0.1) is 0 Å². The lowest BCUT2D eigenvalue weighted by molar-refractivity contribution is -0.138. The van der Waals surface area contributed by atoms with Gasteiger partial charge in [0.25, 0.3) is 6.47 Å². The van der Waals surface area contributed by atoms with Gasteiger partial charge < -0.3 is 16.6 Å². The van der Waals surface area contributed by atoms with Crippen LogP contribution in [0.15, 0.2) is 42.7 Å². The molecule has 192 valence electrons. The smallest absolute Gasteiger partial charge is 0.416 e. The first kappa shape index (κ1) is 31.5. The molecule has 0 saturated heterocycles. The predicted molar refractivity (Wildman–Crippen MR) is 122 cm³/mol. The van der Waals surface area contributed by atoms with Gasteiger partial charge in [-0.1, -0.05) is 12.2 Å².